The molecule has 2 aromatic carbocycles. The molecular formula is C16H16O3. The van der Waals surface area contributed by atoms with Crippen LogP contribution >= 0.6 is 0 Å². The van der Waals surface area contributed by atoms with Crippen molar-refractivity contribution in [2.24, 2.45) is 0 Å². The summed E-state index contributed by atoms with van der Waals surface area (Å²) >= 11 is 0. The van der Waals surface area contributed by atoms with Crippen LogP contribution in [0.5, 0.6) is 5.75 Å². The third-order valence-electron chi connectivity index (χ3n) is 2.81. The monoisotopic (exact) mass is 256 g/mol. The summed E-state index contributed by atoms with van der Waals surface area (Å²) in [6.07, 6.45) is 0.820. The number of carbonyl (C=O) groups excluding carboxylic acids is 1. The van der Waals surface area contributed by atoms with Gasteiger partial charge < -0.3 is 9.47 Å². The average molecular weight is 256 g/mol. The van der Waals surface area contributed by atoms with Crippen molar-refractivity contribution in [2.75, 3.05) is 7.11 Å². The molecule has 0 aromatic heterocycles. The smallest absolute Gasteiger partial charge is 0.150 e. The Kier molecular flexibility index (Phi) is 4.70. The Morgan fingerprint density at radius 1 is 1.05 bits per heavy atom. The second kappa shape index (κ2) is 6.71. The average Bonchev–Trinajstić information content (AvgIpc) is 2.48. The van der Waals surface area contributed by atoms with Gasteiger partial charge >= 0.3 is 0 Å². The lowest BCUT2D eigenvalue weighted by Gasteiger charge is -2.10. The van der Waals surface area contributed by atoms with Crippen LogP contribution in [0.4, 0.5) is 0 Å². The van der Waals surface area contributed by atoms with E-state index < -0.39 is 0 Å². The summed E-state index contributed by atoms with van der Waals surface area (Å²) in [6, 6.07) is 15.3. The van der Waals surface area contributed by atoms with Gasteiger partial charge in [-0.25, -0.2) is 0 Å². The summed E-state index contributed by atoms with van der Waals surface area (Å²) in [4.78, 5) is 10.8. The van der Waals surface area contributed by atoms with Crippen LogP contribution in [-0.4, -0.2) is 13.4 Å². The zero-order valence-electron chi connectivity index (χ0n) is 10.8. The minimum absolute atomic E-state index is 0.416. The van der Waals surface area contributed by atoms with E-state index in [1.165, 1.54) is 0 Å². The first-order valence-electron chi connectivity index (χ1n) is 6.07. The van der Waals surface area contributed by atoms with E-state index in [0.29, 0.717) is 18.8 Å². The quantitative estimate of drug-likeness (QED) is 0.744. The molecule has 0 unspecified atom stereocenters. The lowest BCUT2D eigenvalue weighted by atomic mass is 10.1. The first-order valence-corrected chi connectivity index (χ1v) is 6.07. The molecule has 0 bridgehead atoms. The van der Waals surface area contributed by atoms with Crippen molar-refractivity contribution in [1.82, 2.24) is 0 Å². The molecule has 0 aliphatic rings. The number of carbonyl (C=O) groups is 1. The molecule has 0 saturated carbocycles. The standard InChI is InChI=1S/C16H16O3/c1-18-16-8-7-14(10-17)9-15(16)12-19-11-13-5-3-2-4-6-13/h2-10H,11-12H2,1H3. The summed E-state index contributed by atoms with van der Waals surface area (Å²) in [5.74, 6) is 0.735. The van der Waals surface area contributed by atoms with Gasteiger partial charge in [0.25, 0.3) is 0 Å². The summed E-state index contributed by atoms with van der Waals surface area (Å²) in [7, 11) is 1.61. The first kappa shape index (κ1) is 13.3. The minimum Gasteiger partial charge on any atom is -0.496 e. The number of methoxy groups -OCH3 is 1. The Morgan fingerprint density at radius 3 is 2.53 bits per heavy atom. The van der Waals surface area contributed by atoms with Crippen LogP contribution in [0.1, 0.15) is 21.5 Å². The molecule has 0 fully saturated rings. The van der Waals surface area contributed by atoms with Crippen molar-refractivity contribution in [2.45, 2.75) is 13.2 Å². The fourth-order valence-electron chi connectivity index (χ4n) is 1.84. The molecule has 0 radical (unpaired) electrons. The molecule has 0 heterocycles. The van der Waals surface area contributed by atoms with Crippen LogP contribution in [0.3, 0.4) is 0 Å². The molecule has 0 saturated heterocycles. The van der Waals surface area contributed by atoms with Crippen molar-refractivity contribution in [3.63, 3.8) is 0 Å². The lowest BCUT2D eigenvalue weighted by Crippen LogP contribution is -1.98. The number of ether oxygens (including phenoxy) is 2. The number of benzene rings is 2. The maximum absolute atomic E-state index is 10.8. The first-order chi connectivity index (χ1) is 9.33. The van der Waals surface area contributed by atoms with Crippen LogP contribution in [-0.2, 0) is 18.0 Å². The van der Waals surface area contributed by atoms with Crippen LogP contribution in [0.2, 0.25) is 0 Å². The number of rotatable bonds is 6. The highest BCUT2D eigenvalue weighted by Gasteiger charge is 2.04. The largest absolute Gasteiger partial charge is 0.496 e. The Labute approximate surface area is 112 Å². The fourth-order valence-corrected chi connectivity index (χ4v) is 1.84. The third kappa shape index (κ3) is 3.66. The van der Waals surface area contributed by atoms with Crippen molar-refractivity contribution in [3.05, 3.63) is 65.2 Å². The van der Waals surface area contributed by atoms with Crippen LogP contribution in [0.25, 0.3) is 0 Å². The Morgan fingerprint density at radius 2 is 1.84 bits per heavy atom. The summed E-state index contributed by atoms with van der Waals surface area (Å²) in [5.41, 5.74) is 2.62. The third-order valence-corrected chi connectivity index (χ3v) is 2.81. The molecule has 2 aromatic rings. The van der Waals surface area contributed by atoms with Gasteiger partial charge in [-0.2, -0.15) is 0 Å². The van der Waals surface area contributed by atoms with E-state index >= 15 is 0 Å². The highest BCUT2D eigenvalue weighted by Crippen LogP contribution is 2.20. The van der Waals surface area contributed by atoms with Gasteiger partial charge in [0.1, 0.15) is 12.0 Å². The van der Waals surface area contributed by atoms with E-state index in [0.717, 1.165) is 23.2 Å². The SMILES string of the molecule is COc1ccc(C=O)cc1COCc1ccccc1. The van der Waals surface area contributed by atoms with Gasteiger partial charge in [-0.3, -0.25) is 4.79 Å². The van der Waals surface area contributed by atoms with E-state index in [-0.39, 0.29) is 0 Å². The molecule has 0 N–H and O–H groups in total. The molecule has 0 aliphatic heterocycles. The minimum atomic E-state index is 0.416. The van der Waals surface area contributed by atoms with E-state index in [1.807, 2.05) is 30.3 Å². The van der Waals surface area contributed by atoms with Gasteiger partial charge in [-0.1, -0.05) is 30.3 Å². The van der Waals surface area contributed by atoms with E-state index in [4.69, 9.17) is 9.47 Å². The number of aldehydes is 1. The molecule has 98 valence electrons. The highest BCUT2D eigenvalue weighted by molar-refractivity contribution is 5.75. The van der Waals surface area contributed by atoms with Crippen molar-refractivity contribution >= 4 is 6.29 Å². The molecule has 0 atom stereocenters. The van der Waals surface area contributed by atoms with E-state index in [2.05, 4.69) is 0 Å². The Bertz CT molecular complexity index is 535. The van der Waals surface area contributed by atoms with Crippen LogP contribution in [0.15, 0.2) is 48.5 Å². The summed E-state index contributed by atoms with van der Waals surface area (Å²) in [6.45, 7) is 0.953. The predicted octanol–water partition coefficient (Wildman–Crippen LogP) is 3.22. The van der Waals surface area contributed by atoms with Gasteiger partial charge in [-0.05, 0) is 23.8 Å². The molecule has 19 heavy (non-hydrogen) atoms. The molecule has 0 amide bonds. The second-order valence-electron chi connectivity index (χ2n) is 4.17. The number of hydrogen-bond donors (Lipinski definition) is 0. The fraction of sp³-hybridized carbons (Fsp3) is 0.188. The summed E-state index contributed by atoms with van der Waals surface area (Å²) < 4.78 is 10.9. The zero-order valence-corrected chi connectivity index (χ0v) is 10.8. The zero-order chi connectivity index (χ0) is 13.5. The van der Waals surface area contributed by atoms with Crippen molar-refractivity contribution in [1.29, 1.82) is 0 Å². The second-order valence-corrected chi connectivity index (χ2v) is 4.17. The highest BCUT2D eigenvalue weighted by atomic mass is 16.5. The molecular weight excluding hydrogens is 240 g/mol. The van der Waals surface area contributed by atoms with Crippen molar-refractivity contribution in [3.8, 4) is 5.75 Å². The van der Waals surface area contributed by atoms with Gasteiger partial charge in [0.2, 0.25) is 0 Å². The maximum atomic E-state index is 10.8. The van der Waals surface area contributed by atoms with Gasteiger partial charge in [0.15, 0.2) is 0 Å². The maximum Gasteiger partial charge on any atom is 0.150 e. The topological polar surface area (TPSA) is 35.5 Å². The molecule has 0 aliphatic carbocycles. The number of hydrogen-bond acceptors (Lipinski definition) is 3. The Hall–Kier alpha value is -2.13. The lowest BCUT2D eigenvalue weighted by molar-refractivity contribution is 0.105. The van der Waals surface area contributed by atoms with Gasteiger partial charge in [0, 0.05) is 11.1 Å². The normalized spacial score (nSPS) is 10.2. The predicted molar refractivity (Wildman–Crippen MR) is 73.3 cm³/mol. The van der Waals surface area contributed by atoms with Crippen LogP contribution in [0, 0.1) is 0 Å². The van der Waals surface area contributed by atoms with Crippen molar-refractivity contribution < 1.29 is 14.3 Å². The molecule has 2 rings (SSSR count). The molecule has 3 heteroatoms. The van der Waals surface area contributed by atoms with Gasteiger partial charge in [0.05, 0.1) is 20.3 Å². The molecule has 0 spiro atoms. The van der Waals surface area contributed by atoms with E-state index in [1.54, 1.807) is 25.3 Å². The van der Waals surface area contributed by atoms with E-state index in [9.17, 15) is 4.79 Å². The van der Waals surface area contributed by atoms with Gasteiger partial charge in [-0.15, -0.1) is 0 Å². The Balaban J connectivity index is 2.00. The summed E-state index contributed by atoms with van der Waals surface area (Å²) in [5, 5.41) is 0. The van der Waals surface area contributed by atoms with Crippen LogP contribution < -0.4 is 4.74 Å². The molecule has 3 nitrogen and oxygen atoms in total.